The van der Waals surface area contributed by atoms with E-state index >= 15 is 0 Å². The minimum absolute atomic E-state index is 0.0862. The maximum absolute atomic E-state index is 11.0. The van der Waals surface area contributed by atoms with Crippen LogP contribution in [-0.4, -0.2) is 4.92 Å². The Balaban J connectivity index is 2.46. The van der Waals surface area contributed by atoms with Crippen LogP contribution in [0.3, 0.4) is 0 Å². The Morgan fingerprint density at radius 1 is 1.11 bits per heavy atom. The molecule has 0 aliphatic carbocycles. The third-order valence-corrected chi connectivity index (χ3v) is 2.83. The largest absolute Gasteiger partial charge is 0.277 e. The lowest BCUT2D eigenvalue weighted by atomic mass is 9.97. The Bertz CT molecular complexity index is 600. The van der Waals surface area contributed by atoms with E-state index in [0.717, 1.165) is 11.1 Å². The molecule has 0 N–H and O–H groups in total. The smallest absolute Gasteiger partial charge is 0.258 e. The molecule has 0 unspecified atom stereocenters. The van der Waals surface area contributed by atoms with Crippen molar-refractivity contribution in [2.45, 2.75) is 6.92 Å². The second-order valence-electron chi connectivity index (χ2n) is 4.12. The van der Waals surface area contributed by atoms with E-state index in [1.54, 1.807) is 18.2 Å². The van der Waals surface area contributed by atoms with Crippen molar-refractivity contribution in [2.24, 2.45) is 0 Å². The number of rotatable bonds is 3. The quantitative estimate of drug-likeness (QED) is 0.601. The second kappa shape index (κ2) is 4.84. The normalized spacial score (nSPS) is 10.1. The SMILES string of the molecule is C=C(c1ccc(C)cc1)c1ccccc1[N+](=O)[O-]. The van der Waals surface area contributed by atoms with Gasteiger partial charge in [0.1, 0.15) is 0 Å². The molecular formula is C15H13NO2. The number of hydrogen-bond donors (Lipinski definition) is 0. The lowest BCUT2D eigenvalue weighted by molar-refractivity contribution is -0.385. The molecule has 3 nitrogen and oxygen atoms in total. The van der Waals surface area contributed by atoms with Gasteiger partial charge in [-0.05, 0) is 24.1 Å². The van der Waals surface area contributed by atoms with Gasteiger partial charge in [0.2, 0.25) is 0 Å². The third-order valence-electron chi connectivity index (χ3n) is 2.83. The van der Waals surface area contributed by atoms with Gasteiger partial charge in [-0.15, -0.1) is 0 Å². The molecule has 0 spiro atoms. The molecule has 0 aromatic heterocycles. The lowest BCUT2D eigenvalue weighted by Crippen LogP contribution is -1.95. The zero-order valence-corrected chi connectivity index (χ0v) is 10.1. The fraction of sp³-hybridized carbons (Fsp3) is 0.0667. The molecule has 0 radical (unpaired) electrons. The molecule has 18 heavy (non-hydrogen) atoms. The molecule has 0 bridgehead atoms. The van der Waals surface area contributed by atoms with Crippen molar-refractivity contribution in [2.75, 3.05) is 0 Å². The van der Waals surface area contributed by atoms with Crippen LogP contribution in [0.15, 0.2) is 55.1 Å². The van der Waals surface area contributed by atoms with Crippen molar-refractivity contribution in [1.82, 2.24) is 0 Å². The van der Waals surface area contributed by atoms with Crippen molar-refractivity contribution in [3.05, 3.63) is 81.9 Å². The van der Waals surface area contributed by atoms with E-state index in [1.807, 2.05) is 31.2 Å². The molecule has 0 aliphatic rings. The van der Waals surface area contributed by atoms with E-state index in [0.29, 0.717) is 11.1 Å². The highest BCUT2D eigenvalue weighted by atomic mass is 16.6. The van der Waals surface area contributed by atoms with Crippen LogP contribution >= 0.6 is 0 Å². The van der Waals surface area contributed by atoms with E-state index in [2.05, 4.69) is 6.58 Å². The van der Waals surface area contributed by atoms with Gasteiger partial charge >= 0.3 is 0 Å². The Hall–Kier alpha value is -2.42. The molecular weight excluding hydrogens is 226 g/mol. The summed E-state index contributed by atoms with van der Waals surface area (Å²) in [5.41, 5.74) is 3.36. The van der Waals surface area contributed by atoms with Crippen molar-refractivity contribution >= 4 is 11.3 Å². The summed E-state index contributed by atoms with van der Waals surface area (Å²) in [5, 5.41) is 11.0. The third kappa shape index (κ3) is 2.30. The minimum Gasteiger partial charge on any atom is -0.258 e. The highest BCUT2D eigenvalue weighted by Crippen LogP contribution is 2.29. The number of aryl methyl sites for hydroxylation is 1. The summed E-state index contributed by atoms with van der Waals surface area (Å²) in [6, 6.07) is 14.4. The topological polar surface area (TPSA) is 43.1 Å². The van der Waals surface area contributed by atoms with Gasteiger partial charge < -0.3 is 0 Å². The molecule has 90 valence electrons. The molecule has 0 saturated carbocycles. The van der Waals surface area contributed by atoms with Gasteiger partial charge in [0, 0.05) is 6.07 Å². The maximum atomic E-state index is 11.0. The molecule has 0 aliphatic heterocycles. The van der Waals surface area contributed by atoms with E-state index in [-0.39, 0.29) is 10.6 Å². The summed E-state index contributed by atoms with van der Waals surface area (Å²) in [5.74, 6) is 0. The molecule has 2 aromatic carbocycles. The second-order valence-corrected chi connectivity index (χ2v) is 4.12. The van der Waals surface area contributed by atoms with Gasteiger partial charge in [-0.2, -0.15) is 0 Å². The molecule has 0 heterocycles. The summed E-state index contributed by atoms with van der Waals surface area (Å²) in [6.45, 7) is 5.96. The average Bonchev–Trinajstić information content (AvgIpc) is 2.39. The predicted octanol–water partition coefficient (Wildman–Crippen LogP) is 3.96. The summed E-state index contributed by atoms with van der Waals surface area (Å²) >= 11 is 0. The monoisotopic (exact) mass is 239 g/mol. The molecule has 3 heteroatoms. The number of hydrogen-bond acceptors (Lipinski definition) is 2. The Morgan fingerprint density at radius 2 is 1.72 bits per heavy atom. The van der Waals surface area contributed by atoms with E-state index in [1.165, 1.54) is 6.07 Å². The van der Waals surface area contributed by atoms with Gasteiger partial charge in [-0.3, -0.25) is 10.1 Å². The number of nitro benzene ring substituents is 1. The first-order valence-electron chi connectivity index (χ1n) is 5.59. The zero-order chi connectivity index (χ0) is 13.1. The van der Waals surface area contributed by atoms with Crippen LogP contribution in [0.2, 0.25) is 0 Å². The van der Waals surface area contributed by atoms with Gasteiger partial charge in [-0.25, -0.2) is 0 Å². The zero-order valence-electron chi connectivity index (χ0n) is 10.1. The summed E-state index contributed by atoms with van der Waals surface area (Å²) in [4.78, 5) is 10.6. The fourth-order valence-electron chi connectivity index (χ4n) is 1.80. The van der Waals surface area contributed by atoms with Crippen LogP contribution in [0.4, 0.5) is 5.69 Å². The summed E-state index contributed by atoms with van der Waals surface area (Å²) in [6.07, 6.45) is 0. The van der Waals surface area contributed by atoms with E-state index in [9.17, 15) is 10.1 Å². The number of benzene rings is 2. The van der Waals surface area contributed by atoms with Crippen LogP contribution < -0.4 is 0 Å². The first-order chi connectivity index (χ1) is 8.59. The lowest BCUT2D eigenvalue weighted by Gasteiger charge is -2.07. The Labute approximate surface area is 106 Å². The van der Waals surface area contributed by atoms with Crippen molar-refractivity contribution < 1.29 is 4.92 Å². The average molecular weight is 239 g/mol. The van der Waals surface area contributed by atoms with Gasteiger partial charge in [0.15, 0.2) is 0 Å². The maximum Gasteiger partial charge on any atom is 0.277 e. The van der Waals surface area contributed by atoms with Crippen LogP contribution in [-0.2, 0) is 0 Å². The van der Waals surface area contributed by atoms with Crippen LogP contribution in [0.5, 0.6) is 0 Å². The molecule has 0 atom stereocenters. The van der Waals surface area contributed by atoms with Crippen molar-refractivity contribution in [1.29, 1.82) is 0 Å². The Kier molecular flexibility index (Phi) is 3.24. The first-order valence-corrected chi connectivity index (χ1v) is 5.59. The van der Waals surface area contributed by atoms with Crippen LogP contribution in [0.25, 0.3) is 5.57 Å². The van der Waals surface area contributed by atoms with Gasteiger partial charge in [-0.1, -0.05) is 48.5 Å². The molecule has 0 amide bonds. The number of para-hydroxylation sites is 1. The summed E-state index contributed by atoms with van der Waals surface area (Å²) < 4.78 is 0. The van der Waals surface area contributed by atoms with Gasteiger partial charge in [0.05, 0.1) is 10.5 Å². The van der Waals surface area contributed by atoms with Crippen LogP contribution in [0.1, 0.15) is 16.7 Å². The number of nitrogens with zero attached hydrogens (tertiary/aromatic N) is 1. The van der Waals surface area contributed by atoms with Crippen molar-refractivity contribution in [3.8, 4) is 0 Å². The summed E-state index contributed by atoms with van der Waals surface area (Å²) in [7, 11) is 0. The molecule has 2 rings (SSSR count). The fourth-order valence-corrected chi connectivity index (χ4v) is 1.80. The standard InChI is InChI=1S/C15H13NO2/c1-11-7-9-13(10-8-11)12(2)14-5-3-4-6-15(14)16(17)18/h3-10H,2H2,1H3. The molecule has 0 saturated heterocycles. The first kappa shape index (κ1) is 12.0. The highest BCUT2D eigenvalue weighted by Gasteiger charge is 2.15. The highest BCUT2D eigenvalue weighted by molar-refractivity contribution is 5.82. The van der Waals surface area contributed by atoms with E-state index < -0.39 is 0 Å². The minimum atomic E-state index is -0.380. The van der Waals surface area contributed by atoms with Crippen LogP contribution in [0, 0.1) is 17.0 Å². The Morgan fingerprint density at radius 3 is 2.33 bits per heavy atom. The predicted molar refractivity (Wildman–Crippen MR) is 72.4 cm³/mol. The molecule has 0 fully saturated rings. The van der Waals surface area contributed by atoms with Crippen molar-refractivity contribution in [3.63, 3.8) is 0 Å². The number of nitro groups is 1. The van der Waals surface area contributed by atoms with E-state index in [4.69, 9.17) is 0 Å². The molecule has 2 aromatic rings. The van der Waals surface area contributed by atoms with Gasteiger partial charge in [0.25, 0.3) is 5.69 Å².